The Morgan fingerprint density at radius 2 is 1.61 bits per heavy atom. The van der Waals surface area contributed by atoms with Crippen LogP contribution in [0.15, 0.2) is 29.2 Å². The highest BCUT2D eigenvalue weighted by Gasteiger charge is 2.29. The van der Waals surface area contributed by atoms with Gasteiger partial charge in [-0.2, -0.15) is 17.5 Å². The number of hydrogen-bond acceptors (Lipinski definition) is 4. The number of benzene rings is 1. The standard InChI is InChI=1S/C17H24F3N3O4S/c1-5-23(10-14(24)22-16(2,3)4)28(26,27)13-8-6-12(7-9-13)15(25)21-11-17(18,19)20/h6-9H,5,10-11H2,1-4H3,(H,21,25)(H,22,24). The summed E-state index contributed by atoms with van der Waals surface area (Å²) in [5.74, 6) is -1.45. The third-order valence-corrected chi connectivity index (χ3v) is 5.33. The van der Waals surface area contributed by atoms with Crippen molar-refractivity contribution in [2.45, 2.75) is 44.3 Å². The number of rotatable bonds is 7. The number of carbonyl (C=O) groups is 2. The fourth-order valence-electron chi connectivity index (χ4n) is 2.19. The molecule has 2 amide bonds. The van der Waals surface area contributed by atoms with E-state index in [2.05, 4.69) is 5.32 Å². The van der Waals surface area contributed by atoms with Crippen LogP contribution >= 0.6 is 0 Å². The SMILES string of the molecule is CCN(CC(=O)NC(C)(C)C)S(=O)(=O)c1ccc(C(=O)NCC(F)(F)F)cc1. The summed E-state index contributed by atoms with van der Waals surface area (Å²) in [4.78, 5) is 23.6. The molecule has 0 fully saturated rings. The summed E-state index contributed by atoms with van der Waals surface area (Å²) in [6, 6.07) is 4.45. The molecule has 0 saturated carbocycles. The summed E-state index contributed by atoms with van der Waals surface area (Å²) < 4.78 is 62.8. The minimum absolute atomic E-state index is 0.0354. The maximum atomic E-state index is 12.7. The number of sulfonamides is 1. The summed E-state index contributed by atoms with van der Waals surface area (Å²) in [6.45, 7) is 5.02. The molecule has 1 aromatic carbocycles. The summed E-state index contributed by atoms with van der Waals surface area (Å²) in [5.41, 5.74) is -0.636. The lowest BCUT2D eigenvalue weighted by atomic mass is 10.1. The topological polar surface area (TPSA) is 95.6 Å². The van der Waals surface area contributed by atoms with E-state index in [1.807, 2.05) is 0 Å². The van der Waals surface area contributed by atoms with Gasteiger partial charge in [-0.3, -0.25) is 9.59 Å². The molecule has 28 heavy (non-hydrogen) atoms. The largest absolute Gasteiger partial charge is 0.405 e. The molecule has 0 radical (unpaired) electrons. The molecule has 0 bridgehead atoms. The molecule has 0 heterocycles. The molecule has 1 rings (SSSR count). The lowest BCUT2D eigenvalue weighted by Crippen LogP contribution is -2.47. The van der Waals surface area contributed by atoms with Gasteiger partial charge in [0.05, 0.1) is 11.4 Å². The minimum atomic E-state index is -4.55. The molecule has 7 nitrogen and oxygen atoms in total. The lowest BCUT2D eigenvalue weighted by molar-refractivity contribution is -0.123. The Kier molecular flexibility index (Phi) is 7.60. The van der Waals surface area contributed by atoms with Crippen LogP contribution in [0.25, 0.3) is 0 Å². The number of carbonyl (C=O) groups excluding carboxylic acids is 2. The van der Waals surface area contributed by atoms with E-state index in [0.717, 1.165) is 28.6 Å². The summed E-state index contributed by atoms with van der Waals surface area (Å²) in [6.07, 6.45) is -4.55. The average Bonchev–Trinajstić information content (AvgIpc) is 2.55. The Morgan fingerprint density at radius 1 is 1.07 bits per heavy atom. The Balaban J connectivity index is 2.92. The smallest absolute Gasteiger partial charge is 0.350 e. The maximum Gasteiger partial charge on any atom is 0.405 e. The van der Waals surface area contributed by atoms with E-state index in [1.165, 1.54) is 0 Å². The van der Waals surface area contributed by atoms with Gasteiger partial charge in [0.15, 0.2) is 0 Å². The van der Waals surface area contributed by atoms with Gasteiger partial charge in [0.1, 0.15) is 6.54 Å². The van der Waals surface area contributed by atoms with Crippen LogP contribution in [0, 0.1) is 0 Å². The number of likely N-dealkylation sites (N-methyl/N-ethyl adjacent to an activating group) is 1. The van der Waals surface area contributed by atoms with Crippen molar-refractivity contribution < 1.29 is 31.2 Å². The fourth-order valence-corrected chi connectivity index (χ4v) is 3.60. The molecule has 0 aromatic heterocycles. The van der Waals surface area contributed by atoms with E-state index in [9.17, 15) is 31.2 Å². The van der Waals surface area contributed by atoms with Crippen molar-refractivity contribution >= 4 is 21.8 Å². The van der Waals surface area contributed by atoms with Crippen molar-refractivity contribution in [1.82, 2.24) is 14.9 Å². The van der Waals surface area contributed by atoms with Crippen LogP contribution in [0.3, 0.4) is 0 Å². The molecule has 11 heteroatoms. The molecular weight excluding hydrogens is 399 g/mol. The lowest BCUT2D eigenvalue weighted by Gasteiger charge is -2.24. The molecule has 0 saturated heterocycles. The van der Waals surface area contributed by atoms with Crippen LogP contribution < -0.4 is 10.6 Å². The van der Waals surface area contributed by atoms with E-state index in [4.69, 9.17) is 0 Å². The number of nitrogens with zero attached hydrogens (tertiary/aromatic N) is 1. The first kappa shape index (κ1) is 23.9. The normalized spacial score (nSPS) is 12.7. The molecule has 158 valence electrons. The van der Waals surface area contributed by atoms with Crippen molar-refractivity contribution in [1.29, 1.82) is 0 Å². The zero-order valence-corrected chi connectivity index (χ0v) is 16.9. The van der Waals surface area contributed by atoms with Gasteiger partial charge < -0.3 is 10.6 Å². The van der Waals surface area contributed by atoms with Gasteiger partial charge in [0.2, 0.25) is 15.9 Å². The van der Waals surface area contributed by atoms with E-state index < -0.39 is 40.1 Å². The van der Waals surface area contributed by atoms with Crippen LogP contribution in [0.5, 0.6) is 0 Å². The molecule has 1 aromatic rings. The Bertz CT molecular complexity index is 800. The first-order valence-electron chi connectivity index (χ1n) is 8.42. The predicted octanol–water partition coefficient (Wildman–Crippen LogP) is 1.90. The van der Waals surface area contributed by atoms with Crippen LogP contribution in [0.4, 0.5) is 13.2 Å². The van der Waals surface area contributed by atoms with Gasteiger partial charge in [0.25, 0.3) is 5.91 Å². The van der Waals surface area contributed by atoms with Crippen molar-refractivity contribution in [2.24, 2.45) is 0 Å². The summed E-state index contributed by atoms with van der Waals surface area (Å²) in [5, 5.41) is 4.37. The van der Waals surface area contributed by atoms with Gasteiger partial charge in [-0.15, -0.1) is 0 Å². The van der Waals surface area contributed by atoms with E-state index in [0.29, 0.717) is 0 Å². The first-order valence-corrected chi connectivity index (χ1v) is 9.86. The van der Waals surface area contributed by atoms with Gasteiger partial charge in [-0.1, -0.05) is 6.92 Å². The minimum Gasteiger partial charge on any atom is -0.350 e. The van der Waals surface area contributed by atoms with Crippen LogP contribution in [0.1, 0.15) is 38.1 Å². The summed E-state index contributed by atoms with van der Waals surface area (Å²) in [7, 11) is -4.02. The molecular formula is C17H24F3N3O4S. The first-order chi connectivity index (χ1) is 12.7. The van der Waals surface area contributed by atoms with Crippen molar-refractivity contribution in [3.8, 4) is 0 Å². The molecule has 0 aliphatic heterocycles. The van der Waals surface area contributed by atoms with Crippen LogP contribution in [0.2, 0.25) is 0 Å². The third-order valence-electron chi connectivity index (χ3n) is 3.39. The highest BCUT2D eigenvalue weighted by atomic mass is 32.2. The maximum absolute atomic E-state index is 12.7. The van der Waals surface area contributed by atoms with Crippen LogP contribution in [-0.2, 0) is 14.8 Å². The second-order valence-corrected chi connectivity index (χ2v) is 8.99. The summed E-state index contributed by atoms with van der Waals surface area (Å²) >= 11 is 0. The number of amides is 2. The molecule has 0 spiro atoms. The quantitative estimate of drug-likeness (QED) is 0.700. The highest BCUT2D eigenvalue weighted by molar-refractivity contribution is 7.89. The average molecular weight is 423 g/mol. The van der Waals surface area contributed by atoms with Crippen molar-refractivity contribution in [2.75, 3.05) is 19.6 Å². The number of hydrogen-bond donors (Lipinski definition) is 2. The molecule has 0 aliphatic rings. The number of alkyl halides is 3. The molecule has 0 unspecified atom stereocenters. The zero-order chi connectivity index (χ0) is 21.8. The van der Waals surface area contributed by atoms with E-state index in [-0.39, 0.29) is 23.5 Å². The second kappa shape index (κ2) is 8.91. The van der Waals surface area contributed by atoms with Gasteiger partial charge in [-0.05, 0) is 45.0 Å². The number of nitrogens with one attached hydrogen (secondary N) is 2. The van der Waals surface area contributed by atoms with Gasteiger partial charge in [0, 0.05) is 17.6 Å². The van der Waals surface area contributed by atoms with Gasteiger partial charge in [-0.25, -0.2) is 8.42 Å². The monoisotopic (exact) mass is 423 g/mol. The number of halogens is 3. The zero-order valence-electron chi connectivity index (χ0n) is 16.1. The van der Waals surface area contributed by atoms with E-state index in [1.54, 1.807) is 33.0 Å². The Labute approximate surface area is 162 Å². The van der Waals surface area contributed by atoms with Gasteiger partial charge >= 0.3 is 6.18 Å². The molecule has 2 N–H and O–H groups in total. The molecule has 0 aliphatic carbocycles. The molecule has 0 atom stereocenters. The van der Waals surface area contributed by atoms with E-state index >= 15 is 0 Å². The predicted molar refractivity (Wildman–Crippen MR) is 97.2 cm³/mol. The van der Waals surface area contributed by atoms with Crippen molar-refractivity contribution in [3.05, 3.63) is 29.8 Å². The Hall–Kier alpha value is -2.14. The second-order valence-electron chi connectivity index (χ2n) is 7.05. The third kappa shape index (κ3) is 7.47. The Morgan fingerprint density at radius 3 is 2.04 bits per heavy atom. The fraction of sp³-hybridized carbons (Fsp3) is 0.529. The van der Waals surface area contributed by atoms with Crippen molar-refractivity contribution in [3.63, 3.8) is 0 Å². The van der Waals surface area contributed by atoms with Crippen LogP contribution in [-0.4, -0.2) is 55.9 Å². The highest BCUT2D eigenvalue weighted by Crippen LogP contribution is 2.17.